The normalized spacial score (nSPS) is 13.5. The average molecular weight is 212 g/mol. The van der Waals surface area contributed by atoms with E-state index < -0.39 is 0 Å². The molecule has 0 spiro atoms. The zero-order chi connectivity index (χ0) is 10.6. The van der Waals surface area contributed by atoms with Crippen LogP contribution < -0.4 is 11.3 Å². The first-order valence-electron chi connectivity index (χ1n) is 5.24. The van der Waals surface area contributed by atoms with Crippen molar-refractivity contribution in [1.82, 2.24) is 5.43 Å². The number of thiophene rings is 1. The number of nitrogens with one attached hydrogen (secondary N) is 1. The van der Waals surface area contributed by atoms with Crippen LogP contribution in [-0.4, -0.2) is 0 Å². The average Bonchev–Trinajstić information content (AvgIpc) is 2.61. The molecule has 1 aromatic heterocycles. The number of hydrazine groups is 1. The maximum atomic E-state index is 5.64. The fourth-order valence-electron chi connectivity index (χ4n) is 1.96. The Bertz CT molecular complexity index is 266. The number of hydrogen-bond donors (Lipinski definition) is 2. The van der Waals surface area contributed by atoms with Crippen LogP contribution in [0.4, 0.5) is 0 Å². The van der Waals surface area contributed by atoms with E-state index in [2.05, 4.69) is 37.6 Å². The fourth-order valence-corrected chi connectivity index (χ4v) is 2.71. The Hall–Kier alpha value is -0.380. The largest absolute Gasteiger partial charge is 0.271 e. The summed E-state index contributed by atoms with van der Waals surface area (Å²) in [5.41, 5.74) is 4.32. The van der Waals surface area contributed by atoms with E-state index in [0.29, 0.717) is 12.0 Å². The smallest absolute Gasteiger partial charge is 0.0498 e. The third-order valence-electron chi connectivity index (χ3n) is 2.93. The van der Waals surface area contributed by atoms with Crippen molar-refractivity contribution in [1.29, 1.82) is 0 Å². The maximum Gasteiger partial charge on any atom is 0.0498 e. The highest BCUT2D eigenvalue weighted by Crippen LogP contribution is 2.30. The van der Waals surface area contributed by atoms with Gasteiger partial charge in [-0.3, -0.25) is 11.3 Å². The van der Waals surface area contributed by atoms with Gasteiger partial charge in [-0.1, -0.05) is 26.7 Å². The lowest BCUT2D eigenvalue weighted by molar-refractivity contribution is 0.345. The molecule has 0 saturated carbocycles. The monoisotopic (exact) mass is 212 g/mol. The molecule has 0 aliphatic heterocycles. The van der Waals surface area contributed by atoms with Gasteiger partial charge in [-0.25, -0.2) is 0 Å². The van der Waals surface area contributed by atoms with Crippen LogP contribution >= 0.6 is 11.3 Å². The third-order valence-corrected chi connectivity index (χ3v) is 3.80. The number of hydrogen-bond acceptors (Lipinski definition) is 3. The maximum absolute atomic E-state index is 5.64. The van der Waals surface area contributed by atoms with Crippen molar-refractivity contribution in [2.75, 3.05) is 0 Å². The van der Waals surface area contributed by atoms with Crippen LogP contribution in [0.2, 0.25) is 0 Å². The van der Waals surface area contributed by atoms with Crippen LogP contribution in [0.15, 0.2) is 11.4 Å². The molecule has 1 atom stereocenters. The van der Waals surface area contributed by atoms with Crippen molar-refractivity contribution in [2.45, 2.75) is 39.7 Å². The SMILES string of the molecule is CCC(CC)C(NN)c1ccsc1C. The minimum Gasteiger partial charge on any atom is -0.271 e. The molecule has 1 aromatic rings. The van der Waals surface area contributed by atoms with Gasteiger partial charge in [-0.15, -0.1) is 11.3 Å². The summed E-state index contributed by atoms with van der Waals surface area (Å²) < 4.78 is 0. The first-order valence-corrected chi connectivity index (χ1v) is 6.12. The predicted molar refractivity (Wildman–Crippen MR) is 63.2 cm³/mol. The Kier molecular flexibility index (Phi) is 4.58. The lowest BCUT2D eigenvalue weighted by Gasteiger charge is -2.24. The number of rotatable bonds is 5. The topological polar surface area (TPSA) is 38.0 Å². The molecule has 0 aliphatic carbocycles. The van der Waals surface area contributed by atoms with Gasteiger partial charge in [0.2, 0.25) is 0 Å². The van der Waals surface area contributed by atoms with Gasteiger partial charge < -0.3 is 0 Å². The van der Waals surface area contributed by atoms with E-state index in [-0.39, 0.29) is 0 Å². The summed E-state index contributed by atoms with van der Waals surface area (Å²) in [4.78, 5) is 1.37. The molecule has 14 heavy (non-hydrogen) atoms. The van der Waals surface area contributed by atoms with Gasteiger partial charge in [-0.05, 0) is 29.9 Å². The molecule has 2 nitrogen and oxygen atoms in total. The standard InChI is InChI=1S/C11H20N2S/c1-4-9(5-2)11(13-12)10-6-7-14-8(10)3/h6-7,9,11,13H,4-5,12H2,1-3H3. The summed E-state index contributed by atoms with van der Waals surface area (Å²) in [5, 5.41) is 2.14. The molecule has 80 valence electrons. The number of aryl methyl sites for hydroxylation is 1. The van der Waals surface area contributed by atoms with Crippen LogP contribution in [0.5, 0.6) is 0 Å². The highest BCUT2D eigenvalue weighted by Gasteiger charge is 2.20. The molecule has 0 bridgehead atoms. The van der Waals surface area contributed by atoms with Gasteiger partial charge in [0.05, 0.1) is 0 Å². The summed E-state index contributed by atoms with van der Waals surface area (Å²) in [6, 6.07) is 2.50. The van der Waals surface area contributed by atoms with Crippen molar-refractivity contribution in [3.63, 3.8) is 0 Å². The Balaban J connectivity index is 2.86. The quantitative estimate of drug-likeness (QED) is 0.581. The second kappa shape index (κ2) is 5.49. The fraction of sp³-hybridized carbons (Fsp3) is 0.636. The molecule has 3 N–H and O–H groups in total. The lowest BCUT2D eigenvalue weighted by atomic mass is 9.90. The van der Waals surface area contributed by atoms with Crippen LogP contribution in [-0.2, 0) is 0 Å². The number of nitrogens with two attached hydrogens (primary N) is 1. The van der Waals surface area contributed by atoms with Crippen molar-refractivity contribution in [3.8, 4) is 0 Å². The van der Waals surface area contributed by atoms with E-state index in [1.807, 2.05) is 0 Å². The van der Waals surface area contributed by atoms with Crippen LogP contribution in [0, 0.1) is 12.8 Å². The van der Waals surface area contributed by atoms with Crippen LogP contribution in [0.25, 0.3) is 0 Å². The van der Waals surface area contributed by atoms with Crippen LogP contribution in [0.3, 0.4) is 0 Å². The minimum absolute atomic E-state index is 0.316. The van der Waals surface area contributed by atoms with Gasteiger partial charge in [0, 0.05) is 10.9 Å². The highest BCUT2D eigenvalue weighted by atomic mass is 32.1. The molecule has 1 unspecified atom stereocenters. The predicted octanol–water partition coefficient (Wildman–Crippen LogP) is 3.00. The summed E-state index contributed by atoms with van der Waals surface area (Å²) in [7, 11) is 0. The molecular weight excluding hydrogens is 192 g/mol. The van der Waals surface area contributed by atoms with Gasteiger partial charge >= 0.3 is 0 Å². The molecule has 1 heterocycles. The summed E-state index contributed by atoms with van der Waals surface area (Å²) >= 11 is 1.79. The summed E-state index contributed by atoms with van der Waals surface area (Å²) in [6.45, 7) is 6.60. The van der Waals surface area contributed by atoms with Crippen molar-refractivity contribution < 1.29 is 0 Å². The third kappa shape index (κ3) is 2.35. The Morgan fingerprint density at radius 3 is 2.43 bits per heavy atom. The first kappa shape index (κ1) is 11.7. The lowest BCUT2D eigenvalue weighted by Crippen LogP contribution is -2.33. The van der Waals surface area contributed by atoms with Crippen molar-refractivity contribution in [3.05, 3.63) is 21.9 Å². The van der Waals surface area contributed by atoms with Gasteiger partial charge in [0.15, 0.2) is 0 Å². The van der Waals surface area contributed by atoms with Gasteiger partial charge in [0.1, 0.15) is 0 Å². The Morgan fingerprint density at radius 2 is 2.07 bits per heavy atom. The molecular formula is C11H20N2S. The van der Waals surface area contributed by atoms with E-state index >= 15 is 0 Å². The minimum atomic E-state index is 0.316. The molecule has 0 amide bonds. The van der Waals surface area contributed by atoms with E-state index in [9.17, 15) is 0 Å². The first-order chi connectivity index (χ1) is 6.74. The zero-order valence-electron chi connectivity index (χ0n) is 9.21. The van der Waals surface area contributed by atoms with E-state index in [1.165, 1.54) is 23.3 Å². The molecule has 3 heteroatoms. The van der Waals surface area contributed by atoms with Gasteiger partial charge in [0.25, 0.3) is 0 Å². The highest BCUT2D eigenvalue weighted by molar-refractivity contribution is 7.10. The van der Waals surface area contributed by atoms with Crippen molar-refractivity contribution in [2.24, 2.45) is 11.8 Å². The summed E-state index contributed by atoms with van der Waals surface area (Å²) in [6.07, 6.45) is 2.33. The Labute approximate surface area is 90.5 Å². The molecule has 0 aromatic carbocycles. The second-order valence-corrected chi connectivity index (χ2v) is 4.77. The van der Waals surface area contributed by atoms with E-state index in [0.717, 1.165) is 0 Å². The molecule has 0 aliphatic rings. The zero-order valence-corrected chi connectivity index (χ0v) is 10.0. The Morgan fingerprint density at radius 1 is 1.43 bits per heavy atom. The molecule has 0 saturated heterocycles. The molecule has 0 fully saturated rings. The van der Waals surface area contributed by atoms with Gasteiger partial charge in [-0.2, -0.15) is 0 Å². The van der Waals surface area contributed by atoms with E-state index in [4.69, 9.17) is 5.84 Å². The van der Waals surface area contributed by atoms with Crippen molar-refractivity contribution >= 4 is 11.3 Å². The van der Waals surface area contributed by atoms with Crippen LogP contribution in [0.1, 0.15) is 43.2 Å². The molecule has 1 rings (SSSR count). The van der Waals surface area contributed by atoms with E-state index in [1.54, 1.807) is 11.3 Å². The summed E-state index contributed by atoms with van der Waals surface area (Å²) in [5.74, 6) is 6.27. The second-order valence-electron chi connectivity index (χ2n) is 3.65. The molecule has 0 radical (unpaired) electrons.